The summed E-state index contributed by atoms with van der Waals surface area (Å²) in [5.74, 6) is -0.101. The fourth-order valence-corrected chi connectivity index (χ4v) is 6.04. The van der Waals surface area contributed by atoms with Gasteiger partial charge in [-0.3, -0.25) is 0 Å². The van der Waals surface area contributed by atoms with E-state index in [2.05, 4.69) is 43.3 Å². The van der Waals surface area contributed by atoms with Crippen LogP contribution in [0.25, 0.3) is 0 Å². The van der Waals surface area contributed by atoms with Gasteiger partial charge in [0.15, 0.2) is 0 Å². The third-order valence-electron chi connectivity index (χ3n) is 4.10. The van der Waals surface area contributed by atoms with Crippen molar-refractivity contribution in [1.82, 2.24) is 0 Å². The molecule has 0 saturated heterocycles. The number of esters is 1. The molecule has 0 amide bonds. The van der Waals surface area contributed by atoms with Crippen LogP contribution in [-0.4, -0.2) is 33.0 Å². The van der Waals surface area contributed by atoms with E-state index in [1.807, 2.05) is 24.3 Å². The van der Waals surface area contributed by atoms with Crippen molar-refractivity contribution >= 4 is 30.5 Å². The monoisotopic (exact) mass is 436 g/mol. The summed E-state index contributed by atoms with van der Waals surface area (Å²) in [5, 5.41) is 0. The molecule has 0 radical (unpaired) electrons. The van der Waals surface area contributed by atoms with Gasteiger partial charge in [0.1, 0.15) is 0 Å². The van der Waals surface area contributed by atoms with E-state index in [1.54, 1.807) is 0 Å². The van der Waals surface area contributed by atoms with Gasteiger partial charge in [-0.25, -0.2) is 0 Å². The van der Waals surface area contributed by atoms with Gasteiger partial charge in [-0.05, 0) is 0 Å². The van der Waals surface area contributed by atoms with E-state index in [1.165, 1.54) is 12.8 Å². The van der Waals surface area contributed by atoms with Crippen LogP contribution in [0.1, 0.15) is 31.7 Å². The number of carbonyl (C=O) groups is 1. The van der Waals surface area contributed by atoms with Gasteiger partial charge in [-0.15, -0.1) is 0 Å². The molecule has 2 nitrogen and oxygen atoms in total. The van der Waals surface area contributed by atoms with Gasteiger partial charge in [-0.2, -0.15) is 0 Å². The predicted octanol–water partition coefficient (Wildman–Crippen LogP) is 3.63. The Morgan fingerprint density at radius 3 is 2.33 bits per heavy atom. The molecule has 0 bridgehead atoms. The quantitative estimate of drug-likeness (QED) is 0.492. The summed E-state index contributed by atoms with van der Waals surface area (Å²) < 4.78 is 8.42. The molecule has 3 heteroatoms. The number of ether oxygens (including phenoxy) is 1. The number of unbranched alkanes of at least 4 members (excludes halogenated alkanes) is 1. The van der Waals surface area contributed by atoms with Crippen LogP contribution in [0.3, 0.4) is 0 Å². The molecule has 0 saturated carbocycles. The summed E-state index contributed by atoms with van der Waals surface area (Å²) in [4.78, 5) is 12.5. The molecule has 1 atom stereocenters. The van der Waals surface area contributed by atoms with Crippen molar-refractivity contribution in [2.24, 2.45) is 0 Å². The molecule has 2 aromatic carbocycles. The number of cyclic esters (lactones) is 1. The van der Waals surface area contributed by atoms with Gasteiger partial charge in [0, 0.05) is 0 Å². The molecule has 0 aliphatic carbocycles. The Kier molecular flexibility index (Phi) is 6.12. The van der Waals surface area contributed by atoms with E-state index in [4.69, 9.17) is 4.74 Å². The minimum atomic E-state index is -0.578. The third kappa shape index (κ3) is 4.29. The van der Waals surface area contributed by atoms with Crippen molar-refractivity contribution in [1.29, 1.82) is 0 Å². The van der Waals surface area contributed by atoms with Crippen molar-refractivity contribution in [2.45, 2.75) is 38.7 Å². The van der Waals surface area contributed by atoms with Crippen LogP contribution in [0.4, 0.5) is 0 Å². The Hall–Kier alpha value is -1.56. The second-order valence-electron chi connectivity index (χ2n) is 5.96. The van der Waals surface area contributed by atoms with Crippen LogP contribution in [-0.2, 0) is 16.0 Å². The third-order valence-corrected chi connectivity index (χ3v) is 7.63. The zero-order valence-electron chi connectivity index (χ0n) is 13.9. The summed E-state index contributed by atoms with van der Waals surface area (Å²) >= 11 is -0.578. The Balaban J connectivity index is 1.89. The molecule has 3 rings (SSSR count). The SMILES string of the molecule is CCCCC1OC(=O)C(Cc2ccccc2)=C1[Te]c1ccccc1. The van der Waals surface area contributed by atoms with Crippen LogP contribution in [0.2, 0.25) is 0 Å². The first-order valence-electron chi connectivity index (χ1n) is 8.48. The molecule has 1 unspecified atom stereocenters. The Bertz CT molecular complexity index is 707. The topological polar surface area (TPSA) is 26.3 Å². The molecule has 0 N–H and O–H groups in total. The Labute approximate surface area is 154 Å². The van der Waals surface area contributed by atoms with E-state index >= 15 is 0 Å². The summed E-state index contributed by atoms with van der Waals surface area (Å²) in [7, 11) is 0. The van der Waals surface area contributed by atoms with Gasteiger partial charge < -0.3 is 0 Å². The van der Waals surface area contributed by atoms with Crippen molar-refractivity contribution in [3.05, 3.63) is 75.4 Å². The van der Waals surface area contributed by atoms with Crippen molar-refractivity contribution < 1.29 is 9.53 Å². The number of hydrogen-bond donors (Lipinski definition) is 0. The molecule has 0 aromatic heterocycles. The van der Waals surface area contributed by atoms with Crippen LogP contribution in [0.5, 0.6) is 0 Å². The van der Waals surface area contributed by atoms with Gasteiger partial charge >= 0.3 is 154 Å². The first kappa shape index (κ1) is 17.3. The standard InChI is InChI=1S/C21H22O2Te/c1-2-3-14-19-20(24-17-12-8-5-9-13-17)18(21(22)23-19)15-16-10-6-4-7-11-16/h4-13,19H,2-3,14-15H2,1H3. The summed E-state index contributed by atoms with van der Waals surface area (Å²) in [6.07, 6.45) is 3.87. The molecule has 1 aliphatic rings. The van der Waals surface area contributed by atoms with Gasteiger partial charge in [-0.1, -0.05) is 0 Å². The zero-order chi connectivity index (χ0) is 16.8. The first-order chi connectivity index (χ1) is 11.8. The minimum absolute atomic E-state index is 0.00114. The number of carbonyl (C=O) groups excluding carboxylic acids is 1. The van der Waals surface area contributed by atoms with Crippen LogP contribution >= 0.6 is 0 Å². The van der Waals surface area contributed by atoms with Gasteiger partial charge in [0.05, 0.1) is 0 Å². The average molecular weight is 434 g/mol. The molecule has 0 fully saturated rings. The molecule has 124 valence electrons. The van der Waals surface area contributed by atoms with Crippen LogP contribution in [0, 0.1) is 0 Å². The maximum absolute atomic E-state index is 12.5. The van der Waals surface area contributed by atoms with E-state index in [9.17, 15) is 4.79 Å². The molecular formula is C21H22O2Te. The van der Waals surface area contributed by atoms with Gasteiger partial charge in [0.2, 0.25) is 0 Å². The van der Waals surface area contributed by atoms with Crippen molar-refractivity contribution in [3.8, 4) is 0 Å². The molecular weight excluding hydrogens is 412 g/mol. The molecule has 2 aromatic rings. The summed E-state index contributed by atoms with van der Waals surface area (Å²) in [6, 6.07) is 20.8. The first-order valence-corrected chi connectivity index (χ1v) is 10.8. The average Bonchev–Trinajstić information content (AvgIpc) is 2.90. The summed E-state index contributed by atoms with van der Waals surface area (Å²) in [5.41, 5.74) is 2.09. The second-order valence-corrected chi connectivity index (χ2v) is 9.14. The van der Waals surface area contributed by atoms with E-state index in [0.717, 1.165) is 24.8 Å². The predicted molar refractivity (Wildman–Crippen MR) is 98.4 cm³/mol. The molecule has 0 spiro atoms. The van der Waals surface area contributed by atoms with Crippen LogP contribution in [0.15, 0.2) is 69.9 Å². The van der Waals surface area contributed by atoms with E-state index < -0.39 is 20.9 Å². The number of hydrogen-bond acceptors (Lipinski definition) is 2. The fraction of sp³-hybridized carbons (Fsp3) is 0.286. The second kappa shape index (κ2) is 8.51. The van der Waals surface area contributed by atoms with Crippen LogP contribution < -0.4 is 3.61 Å². The van der Waals surface area contributed by atoms with E-state index in [0.29, 0.717) is 6.42 Å². The summed E-state index contributed by atoms with van der Waals surface area (Å²) in [6.45, 7) is 2.18. The zero-order valence-corrected chi connectivity index (χ0v) is 16.2. The molecule has 1 aliphatic heterocycles. The number of rotatable bonds is 7. The van der Waals surface area contributed by atoms with E-state index in [-0.39, 0.29) is 12.1 Å². The fourth-order valence-electron chi connectivity index (χ4n) is 2.83. The molecule has 24 heavy (non-hydrogen) atoms. The Morgan fingerprint density at radius 2 is 1.67 bits per heavy atom. The maximum atomic E-state index is 12.5. The molecule has 1 heterocycles. The normalized spacial score (nSPS) is 17.2. The van der Waals surface area contributed by atoms with Crippen molar-refractivity contribution in [2.75, 3.05) is 0 Å². The number of benzene rings is 2. The Morgan fingerprint density at radius 1 is 1.00 bits per heavy atom. The van der Waals surface area contributed by atoms with Crippen molar-refractivity contribution in [3.63, 3.8) is 0 Å². The van der Waals surface area contributed by atoms with Gasteiger partial charge in [0.25, 0.3) is 0 Å².